The van der Waals surface area contributed by atoms with E-state index in [1.54, 1.807) is 33.0 Å². The lowest BCUT2D eigenvalue weighted by molar-refractivity contribution is -0.133. The van der Waals surface area contributed by atoms with Crippen molar-refractivity contribution >= 4 is 31.7 Å². The molecule has 0 aliphatic heterocycles. The molecular weight excluding hydrogens is 358 g/mol. The summed E-state index contributed by atoms with van der Waals surface area (Å²) in [5.41, 5.74) is 0. The maximum absolute atomic E-state index is 12.1. The van der Waals surface area contributed by atoms with E-state index < -0.39 is 21.1 Å². The van der Waals surface area contributed by atoms with E-state index in [4.69, 9.17) is 4.74 Å². The predicted octanol–water partition coefficient (Wildman–Crippen LogP) is 2.11. The summed E-state index contributed by atoms with van der Waals surface area (Å²) in [5.74, 6) is 0.324. The van der Waals surface area contributed by atoms with E-state index in [0.29, 0.717) is 5.75 Å². The smallest absolute Gasteiger partial charge is 0.260 e. The van der Waals surface area contributed by atoms with Crippen molar-refractivity contribution < 1.29 is 17.9 Å². The number of sulfone groups is 1. The molecule has 5 nitrogen and oxygen atoms in total. The molecule has 0 fully saturated rings. The van der Waals surface area contributed by atoms with Crippen LogP contribution in [0, 0.1) is 0 Å². The number of nitrogens with zero attached hydrogens (tertiary/aromatic N) is 1. The number of hydrogen-bond acceptors (Lipinski definition) is 4. The van der Waals surface area contributed by atoms with Crippen LogP contribution in [0.15, 0.2) is 28.7 Å². The number of hydrogen-bond donors (Lipinski definition) is 0. The first-order valence-corrected chi connectivity index (χ1v) is 9.20. The zero-order valence-corrected chi connectivity index (χ0v) is 14.9. The number of halogens is 1. The third kappa shape index (κ3) is 5.32. The lowest BCUT2D eigenvalue weighted by atomic mass is 10.2. The fourth-order valence-corrected chi connectivity index (χ4v) is 2.84. The van der Waals surface area contributed by atoms with Crippen LogP contribution in [0.25, 0.3) is 0 Å². The molecule has 0 bridgehead atoms. The number of ether oxygens (including phenoxy) is 1. The summed E-state index contributed by atoms with van der Waals surface area (Å²) < 4.78 is 29.4. The number of amides is 1. The Hall–Kier alpha value is -1.08. The normalized spacial score (nSPS) is 14.3. The summed E-state index contributed by atoms with van der Waals surface area (Å²) in [6.07, 6.45) is 1.17. The summed E-state index contributed by atoms with van der Waals surface area (Å²) in [6.45, 7) is 3.18. The first-order valence-electron chi connectivity index (χ1n) is 6.46. The van der Waals surface area contributed by atoms with E-state index in [1.807, 2.05) is 12.1 Å². The molecule has 1 aromatic carbocycles. The van der Waals surface area contributed by atoms with Crippen molar-refractivity contribution in [3.8, 4) is 5.75 Å². The highest BCUT2D eigenvalue weighted by Gasteiger charge is 2.28. The summed E-state index contributed by atoms with van der Waals surface area (Å²) >= 11 is 3.31. The summed E-state index contributed by atoms with van der Waals surface area (Å²) in [4.78, 5) is 13.5. The fourth-order valence-electron chi connectivity index (χ4n) is 1.68. The van der Waals surface area contributed by atoms with Gasteiger partial charge in [-0.25, -0.2) is 8.42 Å². The van der Waals surface area contributed by atoms with Crippen molar-refractivity contribution in [2.75, 3.05) is 19.9 Å². The molecule has 0 saturated carbocycles. The minimum absolute atomic E-state index is 0.126. The van der Waals surface area contributed by atoms with Crippen LogP contribution in [0.3, 0.4) is 0 Å². The zero-order valence-electron chi connectivity index (χ0n) is 12.5. The molecule has 0 saturated heterocycles. The van der Waals surface area contributed by atoms with Gasteiger partial charge in [0.2, 0.25) is 0 Å². The van der Waals surface area contributed by atoms with Gasteiger partial charge in [-0.05, 0) is 38.1 Å². The van der Waals surface area contributed by atoms with E-state index in [9.17, 15) is 13.2 Å². The Morgan fingerprint density at radius 1 is 1.29 bits per heavy atom. The molecule has 1 aromatic rings. The Balaban J connectivity index is 2.60. The first kappa shape index (κ1) is 18.0. The fraction of sp³-hybridized carbons (Fsp3) is 0.500. The van der Waals surface area contributed by atoms with Crippen molar-refractivity contribution in [3.05, 3.63) is 28.7 Å². The van der Waals surface area contributed by atoms with E-state index in [-0.39, 0.29) is 12.5 Å². The van der Waals surface area contributed by atoms with Crippen molar-refractivity contribution in [2.24, 2.45) is 0 Å². The molecule has 1 rings (SSSR count). The largest absolute Gasteiger partial charge is 0.484 e. The monoisotopic (exact) mass is 377 g/mol. The minimum atomic E-state index is -3.19. The van der Waals surface area contributed by atoms with Gasteiger partial charge in [-0.15, -0.1) is 0 Å². The average molecular weight is 378 g/mol. The highest BCUT2D eigenvalue weighted by Crippen LogP contribution is 2.16. The van der Waals surface area contributed by atoms with Gasteiger partial charge in [0.05, 0.1) is 5.25 Å². The molecule has 2 atom stereocenters. The number of likely N-dealkylation sites (N-methyl/N-ethyl adjacent to an activating group) is 1. The number of rotatable bonds is 6. The Morgan fingerprint density at radius 3 is 2.29 bits per heavy atom. The second-order valence-corrected chi connectivity index (χ2v) is 8.34. The van der Waals surface area contributed by atoms with Crippen molar-refractivity contribution in [3.63, 3.8) is 0 Å². The Bertz CT molecular complexity index is 585. The van der Waals surface area contributed by atoms with Crippen LogP contribution >= 0.6 is 15.9 Å². The maximum atomic E-state index is 12.1. The van der Waals surface area contributed by atoms with Crippen LogP contribution in [-0.4, -0.2) is 50.4 Å². The summed E-state index contributed by atoms with van der Waals surface area (Å²) in [6, 6.07) is 6.72. The van der Waals surface area contributed by atoms with Crippen molar-refractivity contribution in [2.45, 2.75) is 25.1 Å². The molecule has 0 aromatic heterocycles. The quantitative estimate of drug-likeness (QED) is 0.761. The SMILES string of the molecule is CC(C(C)S(C)(=O)=O)N(C)C(=O)COc1ccc(Br)cc1. The topological polar surface area (TPSA) is 63.7 Å². The van der Waals surface area contributed by atoms with Crippen LogP contribution < -0.4 is 4.74 Å². The molecule has 0 N–H and O–H groups in total. The van der Waals surface area contributed by atoms with Gasteiger partial charge >= 0.3 is 0 Å². The molecule has 118 valence electrons. The van der Waals surface area contributed by atoms with Gasteiger partial charge in [0.25, 0.3) is 5.91 Å². The van der Waals surface area contributed by atoms with Gasteiger partial charge in [0.15, 0.2) is 16.4 Å². The number of carbonyl (C=O) groups excluding carboxylic acids is 1. The molecule has 2 unspecified atom stereocenters. The lowest BCUT2D eigenvalue weighted by Crippen LogP contribution is -2.46. The predicted molar refractivity (Wildman–Crippen MR) is 86.2 cm³/mol. The van der Waals surface area contributed by atoms with Gasteiger partial charge in [0.1, 0.15) is 5.75 Å². The molecule has 1 amide bonds. The number of carbonyl (C=O) groups is 1. The second kappa shape index (κ2) is 7.26. The van der Waals surface area contributed by atoms with E-state index >= 15 is 0 Å². The van der Waals surface area contributed by atoms with Crippen molar-refractivity contribution in [1.82, 2.24) is 4.90 Å². The third-order valence-corrected chi connectivity index (χ3v) is 5.81. The van der Waals surface area contributed by atoms with E-state index in [0.717, 1.165) is 4.47 Å². The number of benzene rings is 1. The van der Waals surface area contributed by atoms with E-state index in [2.05, 4.69) is 15.9 Å². The van der Waals surface area contributed by atoms with Gasteiger partial charge in [0, 0.05) is 23.8 Å². The Kier molecular flexibility index (Phi) is 6.22. The minimum Gasteiger partial charge on any atom is -0.484 e. The molecule has 0 spiro atoms. The first-order chi connectivity index (χ1) is 9.62. The molecule has 0 aliphatic carbocycles. The average Bonchev–Trinajstić information content (AvgIpc) is 2.43. The lowest BCUT2D eigenvalue weighted by Gasteiger charge is -2.28. The van der Waals surface area contributed by atoms with E-state index in [1.165, 1.54) is 11.2 Å². The molecule has 7 heteroatoms. The van der Waals surface area contributed by atoms with Crippen LogP contribution in [0.2, 0.25) is 0 Å². The molecule has 0 heterocycles. The summed E-state index contributed by atoms with van der Waals surface area (Å²) in [7, 11) is -1.61. The van der Waals surface area contributed by atoms with Crippen LogP contribution in [0.4, 0.5) is 0 Å². The highest BCUT2D eigenvalue weighted by atomic mass is 79.9. The van der Waals surface area contributed by atoms with Gasteiger partial charge in [-0.1, -0.05) is 15.9 Å². The highest BCUT2D eigenvalue weighted by molar-refractivity contribution is 9.10. The Labute approximate surface area is 134 Å². The summed E-state index contributed by atoms with van der Waals surface area (Å²) in [5, 5.41) is -0.626. The third-order valence-electron chi connectivity index (χ3n) is 3.53. The molecule has 21 heavy (non-hydrogen) atoms. The molecule has 0 aliphatic rings. The Morgan fingerprint density at radius 2 is 1.81 bits per heavy atom. The van der Waals surface area contributed by atoms with Crippen LogP contribution in [0.1, 0.15) is 13.8 Å². The van der Waals surface area contributed by atoms with Crippen molar-refractivity contribution in [1.29, 1.82) is 0 Å². The maximum Gasteiger partial charge on any atom is 0.260 e. The van der Waals surface area contributed by atoms with Crippen LogP contribution in [0.5, 0.6) is 5.75 Å². The molecule has 0 radical (unpaired) electrons. The van der Waals surface area contributed by atoms with Crippen LogP contribution in [-0.2, 0) is 14.6 Å². The van der Waals surface area contributed by atoms with Gasteiger partial charge in [-0.3, -0.25) is 4.79 Å². The molecular formula is C14H20BrNO4S. The second-order valence-electron chi connectivity index (χ2n) is 5.02. The standard InChI is InChI=1S/C14H20BrNO4S/c1-10(11(2)21(4,18)19)16(3)14(17)9-20-13-7-5-12(15)6-8-13/h5-8,10-11H,9H2,1-4H3. The van der Waals surface area contributed by atoms with Gasteiger partial charge in [-0.2, -0.15) is 0 Å². The van der Waals surface area contributed by atoms with Gasteiger partial charge < -0.3 is 9.64 Å². The zero-order chi connectivity index (χ0) is 16.2.